The third-order valence-electron chi connectivity index (χ3n) is 7.83. The Morgan fingerprint density at radius 1 is 1.22 bits per heavy atom. The molecule has 4 rings (SSSR count). The molecule has 2 atom stereocenters. The molecule has 1 amide bonds. The fourth-order valence-corrected chi connectivity index (χ4v) is 5.40. The van der Waals surface area contributed by atoms with Crippen LogP contribution in [-0.2, 0) is 22.8 Å². The summed E-state index contributed by atoms with van der Waals surface area (Å²) in [5.74, 6) is 1.26. The first-order valence-electron chi connectivity index (χ1n) is 12.5. The topological polar surface area (TPSA) is 83.2 Å². The predicted molar refractivity (Wildman–Crippen MR) is 140 cm³/mol. The molecule has 2 aromatic carbocycles. The molecular formula is C29H35N5O2. The van der Waals surface area contributed by atoms with E-state index in [1.807, 2.05) is 73.2 Å². The van der Waals surface area contributed by atoms with Crippen LogP contribution in [0, 0.1) is 11.3 Å². The second-order valence-corrected chi connectivity index (χ2v) is 9.84. The predicted octanol–water partition coefficient (Wildman–Crippen LogP) is 4.86. The Morgan fingerprint density at radius 2 is 2.03 bits per heavy atom. The molecule has 1 saturated heterocycles. The SMILES string of the molecule is CCC1(c2cccc(Oc3cc(C(C)(NC)c4cncn4C)ccc3C#N)c2)CCCCN(C)C1=O. The molecule has 1 aliphatic heterocycles. The van der Waals surface area contributed by atoms with Crippen molar-refractivity contribution in [3.8, 4) is 17.6 Å². The maximum Gasteiger partial charge on any atom is 0.232 e. The largest absolute Gasteiger partial charge is 0.456 e. The lowest BCUT2D eigenvalue weighted by Crippen LogP contribution is -2.43. The second kappa shape index (κ2) is 10.2. The van der Waals surface area contributed by atoms with Gasteiger partial charge in [-0.1, -0.05) is 31.5 Å². The van der Waals surface area contributed by atoms with E-state index in [1.165, 1.54) is 0 Å². The average molecular weight is 486 g/mol. The Bertz CT molecular complexity index is 1290. The van der Waals surface area contributed by atoms with Crippen molar-refractivity contribution < 1.29 is 9.53 Å². The van der Waals surface area contributed by atoms with E-state index in [-0.39, 0.29) is 5.91 Å². The number of hydrogen-bond donors (Lipinski definition) is 1. The Morgan fingerprint density at radius 3 is 2.69 bits per heavy atom. The summed E-state index contributed by atoms with van der Waals surface area (Å²) in [6.45, 7) is 4.95. The van der Waals surface area contributed by atoms with Crippen LogP contribution < -0.4 is 10.1 Å². The highest BCUT2D eigenvalue weighted by Gasteiger charge is 2.41. The number of aromatic nitrogens is 2. The summed E-state index contributed by atoms with van der Waals surface area (Å²) in [6.07, 6.45) is 7.17. The Kier molecular flexibility index (Phi) is 7.18. The number of benzene rings is 2. The number of rotatable bonds is 7. The van der Waals surface area contributed by atoms with E-state index in [9.17, 15) is 10.1 Å². The lowest BCUT2D eigenvalue weighted by Gasteiger charge is -2.33. The molecule has 1 aliphatic rings. The van der Waals surface area contributed by atoms with E-state index in [4.69, 9.17) is 4.74 Å². The van der Waals surface area contributed by atoms with Crippen LogP contribution in [-0.4, -0.2) is 41.0 Å². The molecule has 1 aromatic heterocycles. The first-order valence-corrected chi connectivity index (χ1v) is 12.5. The van der Waals surface area contributed by atoms with Gasteiger partial charge in [-0.15, -0.1) is 0 Å². The molecule has 1 fully saturated rings. The number of nitrogens with zero attached hydrogens (tertiary/aromatic N) is 4. The summed E-state index contributed by atoms with van der Waals surface area (Å²) in [5.41, 5.74) is 2.25. The van der Waals surface area contributed by atoms with E-state index in [2.05, 4.69) is 30.2 Å². The van der Waals surface area contributed by atoms with Crippen LogP contribution in [0.3, 0.4) is 0 Å². The number of carbonyl (C=O) groups is 1. The number of ether oxygens (including phenoxy) is 1. The number of likely N-dealkylation sites (N-methyl/N-ethyl adjacent to an activating group) is 1. The molecule has 7 heteroatoms. The number of likely N-dealkylation sites (tertiary alicyclic amines) is 1. The van der Waals surface area contributed by atoms with Gasteiger partial charge in [-0.25, -0.2) is 4.98 Å². The molecule has 0 radical (unpaired) electrons. The Hall–Kier alpha value is -3.63. The monoisotopic (exact) mass is 485 g/mol. The standard InChI is InChI=1S/C29H35N5O2/c1-6-29(14-7-8-15-33(4)27(29)35)23-10-9-11-24(16-23)36-25-17-22(13-12-21(25)18-30)28(2,31-3)26-19-32-20-34(26)5/h9-13,16-17,19-20,31H,6-8,14-15H2,1-5H3. The molecule has 2 heterocycles. The van der Waals surface area contributed by atoms with Gasteiger partial charge in [-0.05, 0) is 68.6 Å². The van der Waals surface area contributed by atoms with Crippen molar-refractivity contribution >= 4 is 5.91 Å². The second-order valence-electron chi connectivity index (χ2n) is 9.84. The normalized spacial score (nSPS) is 19.9. The minimum Gasteiger partial charge on any atom is -0.456 e. The van der Waals surface area contributed by atoms with Gasteiger partial charge in [-0.3, -0.25) is 4.79 Å². The summed E-state index contributed by atoms with van der Waals surface area (Å²) < 4.78 is 8.32. The Balaban J connectivity index is 1.73. The number of nitriles is 1. The maximum absolute atomic E-state index is 13.4. The number of hydrogen-bond acceptors (Lipinski definition) is 5. The van der Waals surface area contributed by atoms with Crippen LogP contribution in [0.1, 0.15) is 61.9 Å². The highest BCUT2D eigenvalue weighted by molar-refractivity contribution is 5.88. The minimum atomic E-state index is -0.561. The zero-order chi connectivity index (χ0) is 25.9. The molecule has 0 spiro atoms. The van der Waals surface area contributed by atoms with Crippen molar-refractivity contribution in [2.24, 2.45) is 7.05 Å². The molecule has 3 aromatic rings. The van der Waals surface area contributed by atoms with Crippen LogP contribution in [0.5, 0.6) is 11.5 Å². The summed E-state index contributed by atoms with van der Waals surface area (Å²) >= 11 is 0. The summed E-state index contributed by atoms with van der Waals surface area (Å²) in [4.78, 5) is 19.6. The van der Waals surface area contributed by atoms with E-state index in [0.29, 0.717) is 17.1 Å². The number of aryl methyl sites for hydroxylation is 1. The smallest absolute Gasteiger partial charge is 0.232 e. The van der Waals surface area contributed by atoms with Crippen LogP contribution in [0.4, 0.5) is 0 Å². The van der Waals surface area contributed by atoms with Gasteiger partial charge in [0.05, 0.1) is 34.7 Å². The number of nitrogens with one attached hydrogen (secondary N) is 1. The molecule has 7 nitrogen and oxygen atoms in total. The van der Waals surface area contributed by atoms with Gasteiger partial charge in [0.1, 0.15) is 17.6 Å². The van der Waals surface area contributed by atoms with Gasteiger partial charge in [0.2, 0.25) is 5.91 Å². The molecule has 0 bridgehead atoms. The molecule has 0 aliphatic carbocycles. The van der Waals surface area contributed by atoms with Crippen LogP contribution >= 0.6 is 0 Å². The van der Waals surface area contributed by atoms with Crippen molar-refractivity contribution in [1.29, 1.82) is 5.26 Å². The van der Waals surface area contributed by atoms with Crippen molar-refractivity contribution in [3.63, 3.8) is 0 Å². The average Bonchev–Trinajstić information content (AvgIpc) is 3.28. The van der Waals surface area contributed by atoms with Gasteiger partial charge in [0.15, 0.2) is 0 Å². The summed E-state index contributed by atoms with van der Waals surface area (Å²) in [5, 5.41) is 13.2. The van der Waals surface area contributed by atoms with Gasteiger partial charge < -0.3 is 19.5 Å². The lowest BCUT2D eigenvalue weighted by atomic mass is 9.73. The van der Waals surface area contributed by atoms with E-state index >= 15 is 0 Å². The summed E-state index contributed by atoms with van der Waals surface area (Å²) in [7, 11) is 5.75. The number of amides is 1. The zero-order valence-electron chi connectivity index (χ0n) is 21.8. The molecule has 188 valence electrons. The number of carbonyl (C=O) groups excluding carboxylic acids is 1. The summed E-state index contributed by atoms with van der Waals surface area (Å²) in [6, 6.07) is 15.7. The maximum atomic E-state index is 13.4. The van der Waals surface area contributed by atoms with E-state index in [1.54, 1.807) is 12.4 Å². The molecule has 0 saturated carbocycles. The van der Waals surface area contributed by atoms with Gasteiger partial charge in [-0.2, -0.15) is 5.26 Å². The molecule has 36 heavy (non-hydrogen) atoms. The fraction of sp³-hybridized carbons (Fsp3) is 0.414. The van der Waals surface area contributed by atoms with Crippen molar-refractivity contribution in [2.75, 3.05) is 20.6 Å². The van der Waals surface area contributed by atoms with Gasteiger partial charge in [0, 0.05) is 20.6 Å². The first kappa shape index (κ1) is 25.5. The lowest BCUT2D eigenvalue weighted by molar-refractivity contribution is -0.135. The van der Waals surface area contributed by atoms with Gasteiger partial charge >= 0.3 is 0 Å². The molecule has 1 N–H and O–H groups in total. The molecular weight excluding hydrogens is 450 g/mol. The zero-order valence-corrected chi connectivity index (χ0v) is 21.8. The van der Waals surface area contributed by atoms with Crippen LogP contribution in [0.2, 0.25) is 0 Å². The highest BCUT2D eigenvalue weighted by atomic mass is 16.5. The highest BCUT2D eigenvalue weighted by Crippen LogP contribution is 2.40. The Labute approximate surface area is 213 Å². The van der Waals surface area contributed by atoms with E-state index in [0.717, 1.165) is 49.0 Å². The van der Waals surface area contributed by atoms with Crippen molar-refractivity contribution in [3.05, 3.63) is 77.4 Å². The quantitative estimate of drug-likeness (QED) is 0.517. The minimum absolute atomic E-state index is 0.167. The van der Waals surface area contributed by atoms with Crippen LogP contribution in [0.15, 0.2) is 55.0 Å². The third-order valence-corrected chi connectivity index (χ3v) is 7.83. The first-order chi connectivity index (χ1) is 17.3. The van der Waals surface area contributed by atoms with Crippen molar-refractivity contribution in [1.82, 2.24) is 19.8 Å². The number of imidazole rings is 1. The third kappa shape index (κ3) is 4.38. The van der Waals surface area contributed by atoms with Crippen LogP contribution in [0.25, 0.3) is 0 Å². The van der Waals surface area contributed by atoms with E-state index < -0.39 is 11.0 Å². The van der Waals surface area contributed by atoms with Gasteiger partial charge in [0.25, 0.3) is 0 Å². The molecule has 2 unspecified atom stereocenters. The van der Waals surface area contributed by atoms with Crippen molar-refractivity contribution in [2.45, 2.75) is 50.5 Å². The fourth-order valence-electron chi connectivity index (χ4n) is 5.40.